The molecule has 0 rings (SSSR count). The fourth-order valence-corrected chi connectivity index (χ4v) is 1.09. The van der Waals surface area contributed by atoms with E-state index in [1.807, 2.05) is 0 Å². The van der Waals surface area contributed by atoms with Crippen molar-refractivity contribution in [1.29, 1.82) is 0 Å². The lowest BCUT2D eigenvalue weighted by atomic mass is 10.2. The van der Waals surface area contributed by atoms with Crippen LogP contribution >= 0.6 is 8.25 Å². The van der Waals surface area contributed by atoms with Crippen LogP contribution in [0.1, 0.15) is 12.8 Å². The molecule has 0 radical (unpaired) electrons. The number of hydrogen-bond donors (Lipinski definition) is 0. The summed E-state index contributed by atoms with van der Waals surface area (Å²) in [7, 11) is -2.76. The lowest BCUT2D eigenvalue weighted by Crippen LogP contribution is -2.08. The van der Waals surface area contributed by atoms with Crippen LogP contribution in [-0.4, -0.2) is 6.10 Å². The second-order valence-corrected chi connectivity index (χ2v) is 2.66. The molecule has 0 N–H and O–H groups in total. The van der Waals surface area contributed by atoms with Crippen molar-refractivity contribution in [1.82, 2.24) is 0 Å². The third-order valence-corrected chi connectivity index (χ3v) is 1.56. The van der Waals surface area contributed by atoms with Crippen molar-refractivity contribution in [2.24, 2.45) is 0 Å². The Kier molecular flexibility index (Phi) is 5.94. The summed E-state index contributed by atoms with van der Waals surface area (Å²) in [5.74, 6) is 0. The first-order valence-corrected chi connectivity index (χ1v) is 4.33. The zero-order valence-electron chi connectivity index (χ0n) is 6.23. The average molecular weight is 174 g/mol. The van der Waals surface area contributed by atoms with Crippen LogP contribution in [0.2, 0.25) is 0 Å². The normalized spacial score (nSPS) is 11.3. The van der Waals surface area contributed by atoms with Crippen LogP contribution < -0.4 is 4.89 Å². The molecule has 0 aliphatic heterocycles. The molecular formula is C7H11O3P. The first-order chi connectivity index (χ1) is 5.20. The largest absolute Gasteiger partial charge is 0.566 e. The molecule has 0 aromatic heterocycles. The molecule has 0 aliphatic rings. The van der Waals surface area contributed by atoms with E-state index in [1.165, 1.54) is 0 Å². The Morgan fingerprint density at radius 1 is 1.45 bits per heavy atom. The highest BCUT2D eigenvalue weighted by Gasteiger charge is 2.13. The summed E-state index contributed by atoms with van der Waals surface area (Å²) in [6.45, 7) is 6.96. The summed E-state index contributed by atoms with van der Waals surface area (Å²) < 4.78 is 14.6. The first-order valence-electron chi connectivity index (χ1n) is 3.23. The molecule has 0 fully saturated rings. The van der Waals surface area contributed by atoms with Crippen molar-refractivity contribution < 1.29 is 14.0 Å². The van der Waals surface area contributed by atoms with Gasteiger partial charge in [0.05, 0.1) is 0 Å². The van der Waals surface area contributed by atoms with Gasteiger partial charge in [-0.1, -0.05) is 12.2 Å². The quantitative estimate of drug-likeness (QED) is 0.453. The van der Waals surface area contributed by atoms with Crippen LogP contribution in [0.15, 0.2) is 25.3 Å². The first kappa shape index (κ1) is 10.5. The van der Waals surface area contributed by atoms with Crippen molar-refractivity contribution in [3.05, 3.63) is 25.3 Å². The Morgan fingerprint density at radius 3 is 2.18 bits per heavy atom. The van der Waals surface area contributed by atoms with Gasteiger partial charge in [0.15, 0.2) is 0 Å². The molecule has 0 aromatic carbocycles. The molecule has 62 valence electrons. The van der Waals surface area contributed by atoms with Crippen LogP contribution in [0.5, 0.6) is 0 Å². The van der Waals surface area contributed by atoms with E-state index in [-0.39, 0.29) is 6.10 Å². The Hall–Kier alpha value is -0.500. The Balaban J connectivity index is 3.76. The minimum absolute atomic E-state index is 0.328. The maximum atomic E-state index is 10.1. The summed E-state index contributed by atoms with van der Waals surface area (Å²) in [5, 5.41) is 0. The zero-order valence-corrected chi connectivity index (χ0v) is 7.13. The van der Waals surface area contributed by atoms with E-state index >= 15 is 0 Å². The van der Waals surface area contributed by atoms with Gasteiger partial charge in [0.2, 0.25) is 0 Å². The molecule has 0 saturated carbocycles. The van der Waals surface area contributed by atoms with Crippen molar-refractivity contribution in [3.63, 3.8) is 0 Å². The second-order valence-electron chi connectivity index (χ2n) is 2.00. The standard InChI is InChI=1S/C7H11O3P/c1-3-5-7(6-4-2)10-11(8)9/h3-4,7H,1-2,5-6H2. The van der Waals surface area contributed by atoms with Gasteiger partial charge in [-0.15, -0.1) is 17.7 Å². The van der Waals surface area contributed by atoms with Gasteiger partial charge in [-0.05, 0) is 17.4 Å². The molecule has 3 nitrogen and oxygen atoms in total. The lowest BCUT2D eigenvalue weighted by Gasteiger charge is -2.04. The third-order valence-electron chi connectivity index (χ3n) is 1.09. The topological polar surface area (TPSA) is 49.4 Å². The molecule has 1 atom stereocenters. The highest BCUT2D eigenvalue weighted by atomic mass is 31.1. The summed E-state index contributed by atoms with van der Waals surface area (Å²) in [6, 6.07) is 0. The maximum Gasteiger partial charge on any atom is 0.488 e. The Bertz CT molecular complexity index is 146. The molecule has 0 heterocycles. The Labute approximate surface area is 67.3 Å². The summed E-state index contributed by atoms with van der Waals surface area (Å²) >= 11 is 0. The second kappa shape index (κ2) is 6.23. The molecule has 0 spiro atoms. The SMILES string of the molecule is C=CCC(CC=C)O[P+](=O)[O-]. The van der Waals surface area contributed by atoms with Crippen LogP contribution in [0.3, 0.4) is 0 Å². The minimum atomic E-state index is -2.76. The average Bonchev–Trinajstić information content (AvgIpc) is 1.87. The smallest absolute Gasteiger partial charge is 0.488 e. The number of rotatable bonds is 6. The minimum Gasteiger partial charge on any atom is -0.566 e. The molecular weight excluding hydrogens is 163 g/mol. The highest BCUT2D eigenvalue weighted by molar-refractivity contribution is 7.30. The van der Waals surface area contributed by atoms with Gasteiger partial charge >= 0.3 is 8.25 Å². The zero-order chi connectivity index (χ0) is 8.69. The van der Waals surface area contributed by atoms with Crippen LogP contribution in [-0.2, 0) is 9.09 Å². The molecule has 0 amide bonds. The van der Waals surface area contributed by atoms with E-state index < -0.39 is 8.25 Å². The van der Waals surface area contributed by atoms with Crippen molar-refractivity contribution in [3.8, 4) is 0 Å². The summed E-state index contributed by atoms with van der Waals surface area (Å²) in [5.41, 5.74) is 0. The van der Waals surface area contributed by atoms with Gasteiger partial charge in [-0.25, -0.2) is 0 Å². The monoisotopic (exact) mass is 174 g/mol. The van der Waals surface area contributed by atoms with Gasteiger partial charge in [0, 0.05) is 0 Å². The molecule has 1 unspecified atom stereocenters. The number of hydrogen-bond acceptors (Lipinski definition) is 3. The van der Waals surface area contributed by atoms with Gasteiger partial charge in [0.1, 0.15) is 6.10 Å². The fourth-order valence-electron chi connectivity index (χ4n) is 0.676. The molecule has 11 heavy (non-hydrogen) atoms. The van der Waals surface area contributed by atoms with E-state index in [1.54, 1.807) is 12.2 Å². The van der Waals surface area contributed by atoms with Gasteiger partial charge < -0.3 is 4.89 Å². The maximum absolute atomic E-state index is 10.1. The molecule has 0 bridgehead atoms. The predicted octanol–water partition coefficient (Wildman–Crippen LogP) is 1.54. The third kappa shape index (κ3) is 5.92. The molecule has 0 aliphatic carbocycles. The van der Waals surface area contributed by atoms with Crippen molar-refractivity contribution in [2.45, 2.75) is 18.9 Å². The van der Waals surface area contributed by atoms with E-state index in [0.29, 0.717) is 12.8 Å². The molecule has 0 saturated heterocycles. The Morgan fingerprint density at radius 2 is 1.91 bits per heavy atom. The van der Waals surface area contributed by atoms with Crippen molar-refractivity contribution in [2.75, 3.05) is 0 Å². The van der Waals surface area contributed by atoms with Gasteiger partial charge in [0.25, 0.3) is 0 Å². The van der Waals surface area contributed by atoms with E-state index in [4.69, 9.17) is 0 Å². The lowest BCUT2D eigenvalue weighted by molar-refractivity contribution is -0.189. The van der Waals surface area contributed by atoms with Crippen molar-refractivity contribution >= 4 is 8.25 Å². The summed E-state index contributed by atoms with van der Waals surface area (Å²) in [4.78, 5) is 10.1. The predicted molar refractivity (Wildman–Crippen MR) is 42.1 cm³/mol. The van der Waals surface area contributed by atoms with Gasteiger partial charge in [-0.3, -0.25) is 0 Å². The van der Waals surface area contributed by atoms with E-state index in [2.05, 4.69) is 17.7 Å². The fraction of sp³-hybridized carbons (Fsp3) is 0.429. The van der Waals surface area contributed by atoms with E-state index in [9.17, 15) is 9.46 Å². The van der Waals surface area contributed by atoms with Crippen LogP contribution in [0, 0.1) is 0 Å². The molecule has 4 heteroatoms. The van der Waals surface area contributed by atoms with Crippen LogP contribution in [0.25, 0.3) is 0 Å². The van der Waals surface area contributed by atoms with Crippen LogP contribution in [0.4, 0.5) is 0 Å². The summed E-state index contributed by atoms with van der Waals surface area (Å²) in [6.07, 6.45) is 3.95. The highest BCUT2D eigenvalue weighted by Crippen LogP contribution is 2.18. The van der Waals surface area contributed by atoms with Gasteiger partial charge in [-0.2, -0.15) is 0 Å². The van der Waals surface area contributed by atoms with E-state index in [0.717, 1.165) is 0 Å². The molecule has 0 aromatic rings.